The summed E-state index contributed by atoms with van der Waals surface area (Å²) in [5, 5.41) is 6.28. The van der Waals surface area contributed by atoms with Crippen LogP contribution in [0.15, 0.2) is 18.2 Å². The summed E-state index contributed by atoms with van der Waals surface area (Å²) in [7, 11) is 1.83. The molecule has 1 aromatic heterocycles. The van der Waals surface area contributed by atoms with E-state index in [9.17, 15) is 0 Å². The summed E-state index contributed by atoms with van der Waals surface area (Å²) in [6, 6.07) is 5.68. The second kappa shape index (κ2) is 8.52. The average molecular weight is 385 g/mol. The van der Waals surface area contributed by atoms with Crippen LogP contribution < -0.4 is 24.8 Å². The van der Waals surface area contributed by atoms with Gasteiger partial charge in [-0.1, -0.05) is 0 Å². The number of rotatable bonds is 8. The third kappa shape index (κ3) is 4.39. The van der Waals surface area contributed by atoms with Crippen LogP contribution in [0.5, 0.6) is 17.2 Å². The van der Waals surface area contributed by atoms with Gasteiger partial charge in [-0.25, -0.2) is 4.98 Å². The normalized spacial score (nSPS) is 15.6. The van der Waals surface area contributed by atoms with Crippen molar-refractivity contribution in [3.05, 3.63) is 23.9 Å². The summed E-state index contributed by atoms with van der Waals surface area (Å²) < 4.78 is 17.2. The Morgan fingerprint density at radius 3 is 2.82 bits per heavy atom. The quantitative estimate of drug-likeness (QED) is 0.671. The molecule has 1 aromatic carbocycles. The number of anilines is 3. The molecule has 28 heavy (non-hydrogen) atoms. The van der Waals surface area contributed by atoms with Crippen molar-refractivity contribution in [2.24, 2.45) is 0 Å². The molecule has 0 saturated carbocycles. The lowest BCUT2D eigenvalue weighted by Crippen LogP contribution is -2.21. The first kappa shape index (κ1) is 18.6. The van der Waals surface area contributed by atoms with Crippen LogP contribution in [0.1, 0.15) is 25.0 Å². The second-order valence-electron chi connectivity index (χ2n) is 7.05. The SMILES string of the molecule is CNc1cc(C)nc(Nc2cc(OCCCN3CCCC3)c3c(c2)OCO3)n1. The highest BCUT2D eigenvalue weighted by Crippen LogP contribution is 2.44. The lowest BCUT2D eigenvalue weighted by atomic mass is 10.2. The van der Waals surface area contributed by atoms with E-state index in [0.29, 0.717) is 29.8 Å². The van der Waals surface area contributed by atoms with E-state index in [1.807, 2.05) is 32.2 Å². The van der Waals surface area contributed by atoms with Crippen LogP contribution in [0.3, 0.4) is 0 Å². The van der Waals surface area contributed by atoms with Crippen molar-refractivity contribution in [1.29, 1.82) is 0 Å². The summed E-state index contributed by atoms with van der Waals surface area (Å²) in [5.41, 5.74) is 1.67. The summed E-state index contributed by atoms with van der Waals surface area (Å²) in [6.45, 7) is 6.26. The van der Waals surface area contributed by atoms with Crippen molar-refractivity contribution in [2.45, 2.75) is 26.2 Å². The first-order valence-electron chi connectivity index (χ1n) is 9.80. The molecule has 2 aliphatic heterocycles. The van der Waals surface area contributed by atoms with Crippen molar-refractivity contribution in [2.75, 3.05) is 50.7 Å². The molecule has 1 fully saturated rings. The van der Waals surface area contributed by atoms with Gasteiger partial charge in [-0.05, 0) is 39.3 Å². The Labute approximate surface area is 165 Å². The molecule has 3 heterocycles. The summed E-state index contributed by atoms with van der Waals surface area (Å²) in [6.07, 6.45) is 3.60. The number of hydrogen-bond acceptors (Lipinski definition) is 8. The van der Waals surface area contributed by atoms with Crippen molar-refractivity contribution in [1.82, 2.24) is 14.9 Å². The summed E-state index contributed by atoms with van der Waals surface area (Å²) in [5.74, 6) is 3.28. The van der Waals surface area contributed by atoms with Gasteiger partial charge in [0, 0.05) is 43.2 Å². The van der Waals surface area contributed by atoms with Crippen LogP contribution in [0.25, 0.3) is 0 Å². The molecule has 2 aliphatic rings. The Morgan fingerprint density at radius 1 is 1.14 bits per heavy atom. The molecule has 0 radical (unpaired) electrons. The van der Waals surface area contributed by atoms with Gasteiger partial charge in [-0.2, -0.15) is 4.98 Å². The number of ether oxygens (including phenoxy) is 3. The minimum absolute atomic E-state index is 0.202. The Morgan fingerprint density at radius 2 is 2.00 bits per heavy atom. The fourth-order valence-corrected chi connectivity index (χ4v) is 3.52. The van der Waals surface area contributed by atoms with Gasteiger partial charge in [0.15, 0.2) is 11.5 Å². The van der Waals surface area contributed by atoms with Gasteiger partial charge in [-0.3, -0.25) is 0 Å². The topological polar surface area (TPSA) is 80.8 Å². The Balaban J connectivity index is 1.45. The van der Waals surface area contributed by atoms with E-state index >= 15 is 0 Å². The fraction of sp³-hybridized carbons (Fsp3) is 0.500. The first-order valence-corrected chi connectivity index (χ1v) is 9.80. The van der Waals surface area contributed by atoms with Gasteiger partial charge in [0.1, 0.15) is 5.82 Å². The molecule has 0 atom stereocenters. The average Bonchev–Trinajstić information content (AvgIpc) is 3.36. The van der Waals surface area contributed by atoms with Gasteiger partial charge in [0.25, 0.3) is 0 Å². The van der Waals surface area contributed by atoms with Crippen LogP contribution in [0.4, 0.5) is 17.5 Å². The highest BCUT2D eigenvalue weighted by molar-refractivity contribution is 5.66. The zero-order valence-corrected chi connectivity index (χ0v) is 16.5. The minimum atomic E-state index is 0.202. The molecule has 8 heteroatoms. The number of aryl methyl sites for hydroxylation is 1. The van der Waals surface area contributed by atoms with E-state index in [4.69, 9.17) is 14.2 Å². The Hall–Kier alpha value is -2.74. The third-order valence-electron chi connectivity index (χ3n) is 4.88. The van der Waals surface area contributed by atoms with Crippen molar-refractivity contribution in [3.8, 4) is 17.2 Å². The zero-order valence-electron chi connectivity index (χ0n) is 16.5. The van der Waals surface area contributed by atoms with Gasteiger partial charge in [0.05, 0.1) is 6.61 Å². The number of aromatic nitrogens is 2. The van der Waals surface area contributed by atoms with Gasteiger partial charge in [0.2, 0.25) is 18.5 Å². The van der Waals surface area contributed by atoms with Crippen LogP contribution in [-0.2, 0) is 0 Å². The maximum Gasteiger partial charge on any atom is 0.231 e. The number of fused-ring (bicyclic) bond motifs is 1. The molecule has 0 spiro atoms. The van der Waals surface area contributed by atoms with Gasteiger partial charge < -0.3 is 29.7 Å². The molecule has 2 aromatic rings. The zero-order chi connectivity index (χ0) is 19.3. The van der Waals surface area contributed by atoms with Crippen LogP contribution >= 0.6 is 0 Å². The molecular formula is C20H27N5O3. The van der Waals surface area contributed by atoms with Crippen molar-refractivity contribution in [3.63, 3.8) is 0 Å². The predicted molar refractivity (Wildman–Crippen MR) is 108 cm³/mol. The van der Waals surface area contributed by atoms with E-state index in [1.54, 1.807) is 0 Å². The molecule has 0 aliphatic carbocycles. The van der Waals surface area contributed by atoms with Gasteiger partial charge >= 0.3 is 0 Å². The molecule has 150 valence electrons. The number of benzene rings is 1. The molecule has 0 unspecified atom stereocenters. The predicted octanol–water partition coefficient (Wildman–Crippen LogP) is 3.16. The van der Waals surface area contributed by atoms with E-state index in [1.165, 1.54) is 25.9 Å². The van der Waals surface area contributed by atoms with E-state index in [0.717, 1.165) is 30.2 Å². The van der Waals surface area contributed by atoms with E-state index < -0.39 is 0 Å². The fourth-order valence-electron chi connectivity index (χ4n) is 3.52. The largest absolute Gasteiger partial charge is 0.489 e. The number of nitrogens with one attached hydrogen (secondary N) is 2. The molecular weight excluding hydrogens is 358 g/mol. The standard InChI is InChI=1S/C20H27N5O3/c1-14-10-18(21-2)24-20(22-14)23-15-11-16(19-17(12-15)27-13-28-19)26-9-5-8-25-6-3-4-7-25/h10-12H,3-9,13H2,1-2H3,(H2,21,22,23,24). The highest BCUT2D eigenvalue weighted by Gasteiger charge is 2.21. The van der Waals surface area contributed by atoms with E-state index in [2.05, 4.69) is 25.5 Å². The molecule has 4 rings (SSSR count). The Bertz CT molecular complexity index is 824. The third-order valence-corrected chi connectivity index (χ3v) is 4.88. The van der Waals surface area contributed by atoms with Crippen molar-refractivity contribution >= 4 is 17.5 Å². The monoisotopic (exact) mass is 385 g/mol. The molecule has 0 bridgehead atoms. The number of hydrogen-bond donors (Lipinski definition) is 2. The smallest absolute Gasteiger partial charge is 0.231 e. The maximum atomic E-state index is 6.03. The van der Waals surface area contributed by atoms with Crippen molar-refractivity contribution < 1.29 is 14.2 Å². The van der Waals surface area contributed by atoms with Crippen LogP contribution in [0, 0.1) is 6.92 Å². The molecule has 1 saturated heterocycles. The number of nitrogens with zero attached hydrogens (tertiary/aromatic N) is 3. The summed E-state index contributed by atoms with van der Waals surface area (Å²) in [4.78, 5) is 11.4. The van der Waals surface area contributed by atoms with Crippen LogP contribution in [-0.4, -0.2) is 54.9 Å². The van der Waals surface area contributed by atoms with Gasteiger partial charge in [-0.15, -0.1) is 0 Å². The second-order valence-corrected chi connectivity index (χ2v) is 7.05. The maximum absolute atomic E-state index is 6.03. The number of likely N-dealkylation sites (tertiary alicyclic amines) is 1. The first-order chi connectivity index (χ1) is 13.7. The lowest BCUT2D eigenvalue weighted by molar-refractivity contribution is 0.169. The minimum Gasteiger partial charge on any atom is -0.489 e. The molecule has 8 nitrogen and oxygen atoms in total. The van der Waals surface area contributed by atoms with Crippen LogP contribution in [0.2, 0.25) is 0 Å². The summed E-state index contributed by atoms with van der Waals surface area (Å²) >= 11 is 0. The molecule has 0 amide bonds. The molecule has 2 N–H and O–H groups in total. The lowest BCUT2D eigenvalue weighted by Gasteiger charge is -2.15. The highest BCUT2D eigenvalue weighted by atomic mass is 16.7. The Kier molecular flexibility index (Phi) is 5.66. The van der Waals surface area contributed by atoms with E-state index in [-0.39, 0.29) is 6.79 Å².